The number of rotatable bonds is 3. The summed E-state index contributed by atoms with van der Waals surface area (Å²) in [5.41, 5.74) is 2.60. The Morgan fingerprint density at radius 3 is 2.42 bits per heavy atom. The molecule has 0 aliphatic carbocycles. The van der Waals surface area contributed by atoms with E-state index in [1.165, 1.54) is 6.07 Å². The third-order valence-corrected chi connectivity index (χ3v) is 7.12. The zero-order valence-corrected chi connectivity index (χ0v) is 19.4. The highest BCUT2D eigenvalue weighted by Gasteiger charge is 2.51. The van der Waals surface area contributed by atoms with E-state index in [1.54, 1.807) is 11.0 Å². The average molecular weight is 466 g/mol. The van der Waals surface area contributed by atoms with Crippen molar-refractivity contribution in [2.75, 3.05) is 26.3 Å². The Morgan fingerprint density at radius 2 is 1.73 bits per heavy atom. The molecule has 6 heteroatoms. The summed E-state index contributed by atoms with van der Waals surface area (Å²) in [5.74, 6) is -0.624. The molecule has 1 amide bonds. The molecule has 2 atom stereocenters. The molecule has 0 spiro atoms. The second-order valence-corrected chi connectivity index (χ2v) is 9.04. The summed E-state index contributed by atoms with van der Waals surface area (Å²) in [5, 5.41) is 0.575. The lowest BCUT2D eigenvalue weighted by Gasteiger charge is -2.36. The smallest absolute Gasteiger partial charge is 0.257 e. The van der Waals surface area contributed by atoms with Gasteiger partial charge in [0.25, 0.3) is 5.91 Å². The molecule has 0 N–H and O–H groups in total. The van der Waals surface area contributed by atoms with E-state index in [4.69, 9.17) is 21.1 Å². The van der Waals surface area contributed by atoms with Gasteiger partial charge < -0.3 is 14.4 Å². The maximum atomic E-state index is 15.3. The lowest BCUT2D eigenvalue weighted by atomic mass is 9.74. The molecule has 0 saturated carbocycles. The van der Waals surface area contributed by atoms with E-state index in [-0.39, 0.29) is 17.4 Å². The van der Waals surface area contributed by atoms with Crippen LogP contribution in [-0.4, -0.2) is 37.1 Å². The Hall–Kier alpha value is -2.89. The van der Waals surface area contributed by atoms with Crippen LogP contribution in [0.3, 0.4) is 0 Å². The zero-order valence-electron chi connectivity index (χ0n) is 18.6. The van der Waals surface area contributed by atoms with Crippen LogP contribution in [0.4, 0.5) is 4.39 Å². The normalized spacial score (nSPS) is 22.1. The lowest BCUT2D eigenvalue weighted by molar-refractivity contribution is 0.0299. The predicted octanol–water partition coefficient (Wildman–Crippen LogP) is 5.70. The number of morpholine rings is 1. The summed E-state index contributed by atoms with van der Waals surface area (Å²) in [4.78, 5) is 14.7. The quantitative estimate of drug-likeness (QED) is 0.498. The highest BCUT2D eigenvalue weighted by atomic mass is 35.5. The number of carbonyl (C=O) groups is 1. The summed E-state index contributed by atoms with van der Waals surface area (Å²) in [6, 6.07) is 18.6. The third kappa shape index (κ3) is 3.51. The Bertz CT molecular complexity index is 1180. The predicted molar refractivity (Wildman–Crippen MR) is 126 cm³/mol. The Morgan fingerprint density at radius 1 is 1.06 bits per heavy atom. The van der Waals surface area contributed by atoms with Gasteiger partial charge in [-0.1, -0.05) is 61.0 Å². The van der Waals surface area contributed by atoms with Crippen LogP contribution in [-0.2, 0) is 10.3 Å². The fraction of sp³-hybridized carbons (Fsp3) is 0.296. The molecule has 1 saturated heterocycles. The summed E-state index contributed by atoms with van der Waals surface area (Å²) < 4.78 is 27.3. The summed E-state index contributed by atoms with van der Waals surface area (Å²) in [6.07, 6.45) is 0. The van der Waals surface area contributed by atoms with Gasteiger partial charge in [-0.15, -0.1) is 0 Å². The Kier molecular flexibility index (Phi) is 5.63. The van der Waals surface area contributed by atoms with Crippen molar-refractivity contribution in [3.8, 4) is 5.75 Å². The average Bonchev–Trinajstić information content (AvgIpc) is 3.11. The number of amides is 1. The van der Waals surface area contributed by atoms with Crippen LogP contribution in [0.25, 0.3) is 0 Å². The minimum atomic E-state index is -0.945. The van der Waals surface area contributed by atoms with Crippen LogP contribution in [0.5, 0.6) is 5.75 Å². The van der Waals surface area contributed by atoms with Crippen LogP contribution in [0.15, 0.2) is 60.7 Å². The molecule has 170 valence electrons. The molecule has 2 aliphatic heterocycles. The molecular weight excluding hydrogens is 441 g/mol. The fourth-order valence-corrected chi connectivity index (χ4v) is 5.33. The van der Waals surface area contributed by atoms with Crippen LogP contribution >= 0.6 is 11.6 Å². The fourth-order valence-electron chi connectivity index (χ4n) is 5.05. The first kappa shape index (κ1) is 21.9. The number of hydrogen-bond acceptors (Lipinski definition) is 3. The second kappa shape index (κ2) is 8.47. The number of aryl methyl sites for hydroxylation is 1. The molecule has 2 aliphatic rings. The molecule has 0 bridgehead atoms. The third-order valence-electron chi connectivity index (χ3n) is 6.79. The van der Waals surface area contributed by atoms with Gasteiger partial charge in [0.2, 0.25) is 0 Å². The van der Waals surface area contributed by atoms with Crippen molar-refractivity contribution in [1.82, 2.24) is 4.90 Å². The second-order valence-electron chi connectivity index (χ2n) is 8.63. The Labute approximate surface area is 197 Å². The molecular formula is C27H25ClFNO3. The topological polar surface area (TPSA) is 38.8 Å². The minimum absolute atomic E-state index is 0.0163. The molecule has 2 heterocycles. The summed E-state index contributed by atoms with van der Waals surface area (Å²) in [6.45, 7) is 5.84. The Balaban J connectivity index is 1.66. The highest BCUT2D eigenvalue weighted by Crippen LogP contribution is 2.56. The number of benzene rings is 3. The maximum Gasteiger partial charge on any atom is 0.257 e. The molecule has 33 heavy (non-hydrogen) atoms. The van der Waals surface area contributed by atoms with Gasteiger partial charge in [0.05, 0.1) is 18.8 Å². The molecule has 2 unspecified atom stereocenters. The van der Waals surface area contributed by atoms with Crippen LogP contribution < -0.4 is 4.74 Å². The number of halogens is 2. The lowest BCUT2D eigenvalue weighted by Crippen LogP contribution is -2.41. The molecule has 4 nitrogen and oxygen atoms in total. The highest BCUT2D eigenvalue weighted by molar-refractivity contribution is 6.31. The molecule has 5 rings (SSSR count). The van der Waals surface area contributed by atoms with Gasteiger partial charge >= 0.3 is 0 Å². The van der Waals surface area contributed by atoms with E-state index in [1.807, 2.05) is 62.4 Å². The van der Waals surface area contributed by atoms with Crippen molar-refractivity contribution in [3.05, 3.63) is 99.3 Å². The number of nitrogens with zero attached hydrogens (tertiary/aromatic N) is 1. The van der Waals surface area contributed by atoms with E-state index < -0.39 is 11.4 Å². The molecule has 0 aromatic heterocycles. The first-order valence-corrected chi connectivity index (χ1v) is 11.5. The number of ether oxygens (including phenoxy) is 2. The van der Waals surface area contributed by atoms with E-state index in [0.29, 0.717) is 42.6 Å². The molecule has 0 radical (unpaired) electrons. The standard InChI is InChI=1S/C27H25ClFNO3/c1-17-7-3-4-8-21(17)27(22-9-5-6-10-23(22)28)18(2)19-15-24(29)20(16-25(19)33-27)26(31)30-11-13-32-14-12-30/h3-10,15-16,18H,11-14H2,1-2H3. The number of carbonyl (C=O) groups excluding carboxylic acids is 1. The van der Waals surface area contributed by atoms with Crippen molar-refractivity contribution < 1.29 is 18.7 Å². The summed E-state index contributed by atoms with van der Waals surface area (Å²) >= 11 is 6.69. The monoisotopic (exact) mass is 465 g/mol. The minimum Gasteiger partial charge on any atom is -0.477 e. The summed E-state index contributed by atoms with van der Waals surface area (Å²) in [7, 11) is 0. The van der Waals surface area contributed by atoms with Gasteiger partial charge in [0.1, 0.15) is 11.6 Å². The van der Waals surface area contributed by atoms with Gasteiger partial charge in [-0.2, -0.15) is 0 Å². The van der Waals surface area contributed by atoms with Gasteiger partial charge in [-0.25, -0.2) is 4.39 Å². The van der Waals surface area contributed by atoms with Gasteiger partial charge in [0.15, 0.2) is 5.60 Å². The van der Waals surface area contributed by atoms with E-state index >= 15 is 4.39 Å². The van der Waals surface area contributed by atoms with Crippen molar-refractivity contribution in [2.24, 2.45) is 0 Å². The van der Waals surface area contributed by atoms with Crippen LogP contribution in [0.2, 0.25) is 5.02 Å². The van der Waals surface area contributed by atoms with Crippen LogP contribution in [0.1, 0.15) is 45.5 Å². The van der Waals surface area contributed by atoms with E-state index in [9.17, 15) is 4.79 Å². The number of hydrogen-bond donors (Lipinski definition) is 0. The van der Waals surface area contributed by atoms with Crippen LogP contribution in [0, 0.1) is 12.7 Å². The van der Waals surface area contributed by atoms with Gasteiger partial charge in [0, 0.05) is 40.7 Å². The van der Waals surface area contributed by atoms with E-state index in [2.05, 4.69) is 0 Å². The first-order valence-electron chi connectivity index (χ1n) is 11.1. The van der Waals surface area contributed by atoms with Gasteiger partial charge in [-0.3, -0.25) is 4.79 Å². The SMILES string of the molecule is Cc1ccccc1C1(c2ccccc2Cl)Oc2cc(C(=O)N3CCOCC3)c(F)cc2C1C. The first-order chi connectivity index (χ1) is 15.9. The van der Waals surface area contributed by atoms with Crippen molar-refractivity contribution in [3.63, 3.8) is 0 Å². The van der Waals surface area contributed by atoms with Gasteiger partial charge in [-0.05, 0) is 30.7 Å². The van der Waals surface area contributed by atoms with Crippen molar-refractivity contribution >= 4 is 17.5 Å². The van der Waals surface area contributed by atoms with E-state index in [0.717, 1.165) is 16.7 Å². The number of fused-ring (bicyclic) bond motifs is 1. The van der Waals surface area contributed by atoms with Crippen molar-refractivity contribution in [1.29, 1.82) is 0 Å². The zero-order chi connectivity index (χ0) is 23.2. The van der Waals surface area contributed by atoms with Crippen molar-refractivity contribution in [2.45, 2.75) is 25.4 Å². The molecule has 3 aromatic rings. The molecule has 3 aromatic carbocycles. The molecule has 1 fully saturated rings. The maximum absolute atomic E-state index is 15.3. The largest absolute Gasteiger partial charge is 0.477 e.